The van der Waals surface area contributed by atoms with Gasteiger partial charge < -0.3 is 0 Å². The summed E-state index contributed by atoms with van der Waals surface area (Å²) in [5.74, 6) is -0.124. The molecule has 2 rings (SSSR count). The lowest BCUT2D eigenvalue weighted by Gasteiger charge is -2.21. The molecule has 1 heterocycles. The minimum Gasteiger partial charge on any atom is -0.267 e. The van der Waals surface area contributed by atoms with Crippen molar-refractivity contribution in [3.8, 4) is 0 Å². The molecule has 0 bridgehead atoms. The number of nitrogens with zero attached hydrogens (tertiary/aromatic N) is 1. The van der Waals surface area contributed by atoms with Gasteiger partial charge in [-0.3, -0.25) is 4.79 Å². The highest BCUT2D eigenvalue weighted by Crippen LogP contribution is 2.27. The molecule has 1 aliphatic heterocycles. The molecule has 1 atom stereocenters. The van der Waals surface area contributed by atoms with Gasteiger partial charge in [0.05, 0.1) is 10.7 Å². The van der Waals surface area contributed by atoms with E-state index in [2.05, 4.69) is 4.99 Å². The highest BCUT2D eigenvalue weighted by Gasteiger charge is 2.24. The molecule has 66 valence electrons. The number of halogens is 1. The van der Waals surface area contributed by atoms with Crippen LogP contribution in [0, 0.1) is 5.92 Å². The summed E-state index contributed by atoms with van der Waals surface area (Å²) in [6, 6.07) is 0. The number of carbonyl (C=O) groups is 1. The van der Waals surface area contributed by atoms with E-state index < -0.39 is 0 Å². The maximum Gasteiger partial charge on any atom is 0.269 e. The van der Waals surface area contributed by atoms with E-state index in [0.717, 1.165) is 5.57 Å². The van der Waals surface area contributed by atoms with Gasteiger partial charge in [0.2, 0.25) is 0 Å². The second kappa shape index (κ2) is 2.96. The highest BCUT2D eigenvalue weighted by atomic mass is 35.5. The largest absolute Gasteiger partial charge is 0.269 e. The first-order valence-electron chi connectivity index (χ1n) is 4.03. The lowest BCUT2D eigenvalue weighted by molar-refractivity contribution is -0.113. The van der Waals surface area contributed by atoms with E-state index in [9.17, 15) is 4.79 Å². The summed E-state index contributed by atoms with van der Waals surface area (Å²) >= 11 is 5.92. The Balaban J connectivity index is 2.48. The Hall–Kier alpha value is -1.15. The van der Waals surface area contributed by atoms with Gasteiger partial charge >= 0.3 is 0 Å². The molecule has 1 unspecified atom stereocenters. The van der Waals surface area contributed by atoms with Crippen molar-refractivity contribution in [3.05, 3.63) is 34.9 Å². The fourth-order valence-electron chi connectivity index (χ4n) is 1.50. The molecule has 0 saturated heterocycles. The number of dihydropyridines is 1. The van der Waals surface area contributed by atoms with Crippen molar-refractivity contribution in [1.29, 1.82) is 0 Å². The van der Waals surface area contributed by atoms with Gasteiger partial charge in [-0.15, -0.1) is 0 Å². The summed E-state index contributed by atoms with van der Waals surface area (Å²) in [7, 11) is 0. The van der Waals surface area contributed by atoms with Gasteiger partial charge in [0.25, 0.3) is 5.91 Å². The molecular formula is C10H8ClNO. The molecule has 0 radical (unpaired) electrons. The molecule has 1 aliphatic carbocycles. The van der Waals surface area contributed by atoms with Gasteiger partial charge in [-0.05, 0) is 13.0 Å². The summed E-state index contributed by atoms with van der Waals surface area (Å²) in [5.41, 5.74) is 1.67. The Kier molecular flexibility index (Phi) is 1.93. The topological polar surface area (TPSA) is 29.4 Å². The number of aliphatic imine (C=N–C) groups is 1. The molecule has 0 N–H and O–H groups in total. The van der Waals surface area contributed by atoms with Gasteiger partial charge in [0, 0.05) is 12.0 Å². The number of rotatable bonds is 0. The fourth-order valence-corrected chi connectivity index (χ4v) is 1.73. The summed E-state index contributed by atoms with van der Waals surface area (Å²) in [6.45, 7) is 1.91. The number of allylic oxidation sites excluding steroid dienone is 5. The smallest absolute Gasteiger partial charge is 0.267 e. The summed E-state index contributed by atoms with van der Waals surface area (Å²) in [4.78, 5) is 15.0. The van der Waals surface area contributed by atoms with Crippen LogP contribution in [0.1, 0.15) is 6.92 Å². The minimum absolute atomic E-state index is 0.0928. The molecule has 13 heavy (non-hydrogen) atoms. The van der Waals surface area contributed by atoms with E-state index >= 15 is 0 Å². The van der Waals surface area contributed by atoms with Crippen LogP contribution in [0.2, 0.25) is 0 Å². The Morgan fingerprint density at radius 3 is 3.08 bits per heavy atom. The Labute approximate surface area is 81.3 Å². The molecule has 0 spiro atoms. The molecular weight excluding hydrogens is 186 g/mol. The molecule has 1 amide bonds. The van der Waals surface area contributed by atoms with Gasteiger partial charge in [0.15, 0.2) is 0 Å². The SMILES string of the molecule is CC1=CC(=O)N=C2C(Cl)=CC=CC12. The van der Waals surface area contributed by atoms with Crippen molar-refractivity contribution < 1.29 is 4.79 Å². The lowest BCUT2D eigenvalue weighted by atomic mass is 9.89. The van der Waals surface area contributed by atoms with Crippen LogP contribution in [-0.4, -0.2) is 11.6 Å². The maximum absolute atomic E-state index is 11.1. The van der Waals surface area contributed by atoms with Crippen LogP contribution in [0.3, 0.4) is 0 Å². The van der Waals surface area contributed by atoms with E-state index in [-0.39, 0.29) is 11.8 Å². The van der Waals surface area contributed by atoms with E-state index in [0.29, 0.717) is 10.7 Å². The molecule has 0 saturated carbocycles. The van der Waals surface area contributed by atoms with Crippen molar-refractivity contribution in [1.82, 2.24) is 0 Å². The third kappa shape index (κ3) is 1.38. The van der Waals surface area contributed by atoms with Crippen molar-refractivity contribution in [2.45, 2.75) is 6.92 Å². The van der Waals surface area contributed by atoms with Gasteiger partial charge in [-0.25, -0.2) is 4.99 Å². The van der Waals surface area contributed by atoms with Crippen LogP contribution in [0.5, 0.6) is 0 Å². The molecule has 0 aromatic heterocycles. The normalized spacial score (nSPS) is 26.2. The Morgan fingerprint density at radius 1 is 1.54 bits per heavy atom. The summed E-state index contributed by atoms with van der Waals surface area (Å²) in [5, 5.41) is 0.563. The van der Waals surface area contributed by atoms with Crippen LogP contribution in [0.15, 0.2) is 39.9 Å². The number of carbonyl (C=O) groups excluding carboxylic acids is 1. The average Bonchev–Trinajstić information content (AvgIpc) is 2.07. The lowest BCUT2D eigenvalue weighted by Crippen LogP contribution is -2.21. The number of amides is 1. The van der Waals surface area contributed by atoms with Crippen molar-refractivity contribution in [2.75, 3.05) is 0 Å². The number of hydrogen-bond acceptors (Lipinski definition) is 1. The predicted molar refractivity (Wildman–Crippen MR) is 52.8 cm³/mol. The zero-order chi connectivity index (χ0) is 9.42. The van der Waals surface area contributed by atoms with E-state index in [4.69, 9.17) is 11.6 Å². The molecule has 3 heteroatoms. The van der Waals surface area contributed by atoms with Crippen molar-refractivity contribution >= 4 is 23.2 Å². The van der Waals surface area contributed by atoms with Gasteiger partial charge in [-0.2, -0.15) is 0 Å². The van der Waals surface area contributed by atoms with Gasteiger partial charge in [-0.1, -0.05) is 29.3 Å². The second-order valence-electron chi connectivity index (χ2n) is 3.10. The molecule has 0 fully saturated rings. The van der Waals surface area contributed by atoms with E-state index in [1.807, 2.05) is 19.1 Å². The standard InChI is InChI=1S/C10H8ClNO/c1-6-5-9(13)12-10-7(6)3-2-4-8(10)11/h2-5,7H,1H3. The van der Waals surface area contributed by atoms with Crippen molar-refractivity contribution in [3.63, 3.8) is 0 Å². The monoisotopic (exact) mass is 193 g/mol. The Morgan fingerprint density at radius 2 is 2.31 bits per heavy atom. The Bertz CT molecular complexity index is 388. The van der Waals surface area contributed by atoms with E-state index in [1.165, 1.54) is 0 Å². The first-order chi connectivity index (χ1) is 6.18. The molecule has 2 nitrogen and oxygen atoms in total. The highest BCUT2D eigenvalue weighted by molar-refractivity contribution is 6.45. The zero-order valence-corrected chi connectivity index (χ0v) is 7.88. The second-order valence-corrected chi connectivity index (χ2v) is 3.51. The fraction of sp³-hybridized carbons (Fsp3) is 0.200. The summed E-state index contributed by atoms with van der Waals surface area (Å²) < 4.78 is 0. The maximum atomic E-state index is 11.1. The third-order valence-corrected chi connectivity index (χ3v) is 2.48. The molecule has 2 aliphatic rings. The third-order valence-electron chi connectivity index (χ3n) is 2.16. The predicted octanol–water partition coefficient (Wildman–Crippen LogP) is 2.22. The van der Waals surface area contributed by atoms with Crippen LogP contribution in [0.4, 0.5) is 0 Å². The first kappa shape index (κ1) is 8.45. The van der Waals surface area contributed by atoms with Crippen molar-refractivity contribution in [2.24, 2.45) is 10.9 Å². The van der Waals surface area contributed by atoms with Crippen LogP contribution < -0.4 is 0 Å². The summed E-state index contributed by atoms with van der Waals surface area (Å²) in [6.07, 6.45) is 7.18. The minimum atomic E-state index is -0.217. The zero-order valence-electron chi connectivity index (χ0n) is 7.12. The average molecular weight is 194 g/mol. The van der Waals surface area contributed by atoms with Crippen LogP contribution in [-0.2, 0) is 4.79 Å². The van der Waals surface area contributed by atoms with Crippen LogP contribution >= 0.6 is 11.6 Å². The number of hydrogen-bond donors (Lipinski definition) is 0. The van der Waals surface area contributed by atoms with Crippen LogP contribution in [0.25, 0.3) is 0 Å². The van der Waals surface area contributed by atoms with Gasteiger partial charge in [0.1, 0.15) is 0 Å². The quantitative estimate of drug-likeness (QED) is 0.580. The first-order valence-corrected chi connectivity index (χ1v) is 4.41. The number of fused-ring (bicyclic) bond motifs is 1. The molecule has 0 aromatic rings. The van der Waals surface area contributed by atoms with E-state index in [1.54, 1.807) is 12.2 Å². The molecule has 0 aromatic carbocycles.